The number of ether oxygens (including phenoxy) is 1. The first-order valence-electron chi connectivity index (χ1n) is 4.35. The molecule has 0 aliphatic carbocycles. The van der Waals surface area contributed by atoms with Gasteiger partial charge in [0.2, 0.25) is 0 Å². The highest BCUT2D eigenvalue weighted by atomic mass is 32.1. The van der Waals surface area contributed by atoms with E-state index in [1.165, 1.54) is 0 Å². The third-order valence-corrected chi connectivity index (χ3v) is 2.24. The Kier molecular flexibility index (Phi) is 4.46. The van der Waals surface area contributed by atoms with Gasteiger partial charge in [0.25, 0.3) is 0 Å². The summed E-state index contributed by atoms with van der Waals surface area (Å²) in [5.74, 6) is -0.113. The summed E-state index contributed by atoms with van der Waals surface area (Å²) in [6, 6.07) is 0. The number of carbonyl (C=O) groups excluding carboxylic acids is 1. The van der Waals surface area contributed by atoms with Gasteiger partial charge in [-0.15, -0.1) is 11.3 Å². The molecule has 0 amide bonds. The van der Waals surface area contributed by atoms with Crippen molar-refractivity contribution in [3.63, 3.8) is 0 Å². The van der Waals surface area contributed by atoms with Crippen LogP contribution >= 0.6 is 11.3 Å². The Balaban J connectivity index is 2.11. The maximum atomic E-state index is 10.9. The molecule has 72 valence electrons. The summed E-state index contributed by atoms with van der Waals surface area (Å²) in [6.07, 6.45) is 2.18. The molecule has 0 bridgehead atoms. The van der Waals surface area contributed by atoms with Crippen LogP contribution in [0.1, 0.15) is 25.5 Å². The number of hydrogen-bond acceptors (Lipinski definition) is 4. The molecule has 1 heterocycles. The quantitative estimate of drug-likeness (QED) is 0.681. The molecular formula is C9H13NO2S. The second-order valence-electron chi connectivity index (χ2n) is 2.64. The summed E-state index contributed by atoms with van der Waals surface area (Å²) in [5.41, 5.74) is 2.87. The van der Waals surface area contributed by atoms with Crippen LogP contribution in [-0.4, -0.2) is 17.6 Å². The van der Waals surface area contributed by atoms with E-state index >= 15 is 0 Å². The van der Waals surface area contributed by atoms with Gasteiger partial charge in [0.05, 0.1) is 17.8 Å². The van der Waals surface area contributed by atoms with Crippen LogP contribution in [0.15, 0.2) is 10.9 Å². The number of hydrogen-bond donors (Lipinski definition) is 0. The summed E-state index contributed by atoms with van der Waals surface area (Å²) in [5, 5.41) is 2.01. The number of nitrogens with zero attached hydrogens (tertiary/aromatic N) is 1. The van der Waals surface area contributed by atoms with E-state index in [1.807, 2.05) is 12.3 Å². The Labute approximate surface area is 81.8 Å². The van der Waals surface area contributed by atoms with Gasteiger partial charge in [0.1, 0.15) is 0 Å². The number of esters is 1. The molecule has 0 aliphatic heterocycles. The van der Waals surface area contributed by atoms with E-state index in [0.29, 0.717) is 13.0 Å². The van der Waals surface area contributed by atoms with Crippen molar-refractivity contribution in [2.75, 3.05) is 6.61 Å². The van der Waals surface area contributed by atoms with Gasteiger partial charge in [0, 0.05) is 11.8 Å². The molecule has 0 unspecified atom stereocenters. The first kappa shape index (κ1) is 10.2. The summed E-state index contributed by atoms with van der Waals surface area (Å²) in [6.45, 7) is 2.29. The van der Waals surface area contributed by atoms with Crippen LogP contribution in [0.3, 0.4) is 0 Å². The average molecular weight is 199 g/mol. The van der Waals surface area contributed by atoms with Gasteiger partial charge in [-0.2, -0.15) is 0 Å². The van der Waals surface area contributed by atoms with E-state index in [1.54, 1.807) is 16.8 Å². The fourth-order valence-corrected chi connectivity index (χ4v) is 1.60. The molecule has 13 heavy (non-hydrogen) atoms. The molecule has 1 aromatic heterocycles. The van der Waals surface area contributed by atoms with Gasteiger partial charge in [-0.3, -0.25) is 4.79 Å². The lowest BCUT2D eigenvalue weighted by atomic mass is 10.2. The largest absolute Gasteiger partial charge is 0.466 e. The third kappa shape index (κ3) is 4.03. The average Bonchev–Trinajstić information content (AvgIpc) is 2.57. The molecule has 3 nitrogen and oxygen atoms in total. The van der Waals surface area contributed by atoms with E-state index in [0.717, 1.165) is 18.5 Å². The van der Waals surface area contributed by atoms with Crippen molar-refractivity contribution < 1.29 is 9.53 Å². The minimum Gasteiger partial charge on any atom is -0.466 e. The first-order chi connectivity index (χ1) is 6.33. The second-order valence-corrected chi connectivity index (χ2v) is 3.36. The van der Waals surface area contributed by atoms with Crippen LogP contribution in [0, 0.1) is 0 Å². The predicted molar refractivity (Wildman–Crippen MR) is 51.7 cm³/mol. The molecule has 1 rings (SSSR count). The molecule has 0 spiro atoms. The lowest BCUT2D eigenvalue weighted by Crippen LogP contribution is -2.03. The van der Waals surface area contributed by atoms with Crippen LogP contribution < -0.4 is 0 Å². The number of carbonyl (C=O) groups is 1. The van der Waals surface area contributed by atoms with Crippen molar-refractivity contribution >= 4 is 17.3 Å². The molecule has 0 saturated carbocycles. The lowest BCUT2D eigenvalue weighted by Gasteiger charge is -1.99. The number of rotatable bonds is 5. The molecule has 4 heteroatoms. The van der Waals surface area contributed by atoms with E-state index < -0.39 is 0 Å². The van der Waals surface area contributed by atoms with Gasteiger partial charge in [-0.1, -0.05) is 0 Å². The topological polar surface area (TPSA) is 39.2 Å². The second kappa shape index (κ2) is 5.70. The van der Waals surface area contributed by atoms with Crippen molar-refractivity contribution in [2.24, 2.45) is 0 Å². The molecule has 0 saturated heterocycles. The molecule has 1 aromatic rings. The van der Waals surface area contributed by atoms with E-state index in [9.17, 15) is 4.79 Å². The minimum atomic E-state index is -0.113. The zero-order valence-corrected chi connectivity index (χ0v) is 8.47. The number of aromatic nitrogens is 1. The molecule has 0 aromatic carbocycles. The van der Waals surface area contributed by atoms with Crippen molar-refractivity contribution in [3.8, 4) is 0 Å². The van der Waals surface area contributed by atoms with Crippen LogP contribution in [0.2, 0.25) is 0 Å². The molecule has 0 atom stereocenters. The normalized spacial score (nSPS) is 9.92. The smallest absolute Gasteiger partial charge is 0.305 e. The van der Waals surface area contributed by atoms with Crippen molar-refractivity contribution in [2.45, 2.75) is 26.2 Å². The van der Waals surface area contributed by atoms with Crippen LogP contribution in [0.4, 0.5) is 0 Å². The van der Waals surface area contributed by atoms with E-state index in [2.05, 4.69) is 4.98 Å². The standard InChI is InChI=1S/C9H13NO2S/c1-2-12-9(11)5-3-4-8-6-13-7-10-8/h6-7H,2-5H2,1H3. The van der Waals surface area contributed by atoms with Gasteiger partial charge in [-0.25, -0.2) is 4.98 Å². The van der Waals surface area contributed by atoms with Crippen LogP contribution in [0.25, 0.3) is 0 Å². The summed E-state index contributed by atoms with van der Waals surface area (Å²) in [4.78, 5) is 15.1. The maximum absolute atomic E-state index is 10.9. The first-order valence-corrected chi connectivity index (χ1v) is 5.30. The van der Waals surface area contributed by atoms with Crippen LogP contribution in [-0.2, 0) is 16.0 Å². The zero-order chi connectivity index (χ0) is 9.52. The van der Waals surface area contributed by atoms with Crippen molar-refractivity contribution in [1.29, 1.82) is 0 Å². The fraction of sp³-hybridized carbons (Fsp3) is 0.556. The zero-order valence-electron chi connectivity index (χ0n) is 7.66. The SMILES string of the molecule is CCOC(=O)CCCc1cscn1. The Bertz CT molecular complexity index is 246. The van der Waals surface area contributed by atoms with Crippen molar-refractivity contribution in [3.05, 3.63) is 16.6 Å². The van der Waals surface area contributed by atoms with Gasteiger partial charge >= 0.3 is 5.97 Å². The van der Waals surface area contributed by atoms with Crippen molar-refractivity contribution in [1.82, 2.24) is 4.98 Å². The minimum absolute atomic E-state index is 0.113. The highest BCUT2D eigenvalue weighted by Gasteiger charge is 2.01. The lowest BCUT2D eigenvalue weighted by molar-refractivity contribution is -0.143. The highest BCUT2D eigenvalue weighted by Crippen LogP contribution is 2.05. The van der Waals surface area contributed by atoms with Gasteiger partial charge in [-0.05, 0) is 19.8 Å². The van der Waals surface area contributed by atoms with Crippen LogP contribution in [0.5, 0.6) is 0 Å². The molecule has 0 N–H and O–H groups in total. The Morgan fingerprint density at radius 2 is 2.54 bits per heavy atom. The Hall–Kier alpha value is -0.900. The van der Waals surface area contributed by atoms with Gasteiger partial charge < -0.3 is 4.74 Å². The number of aryl methyl sites for hydroxylation is 1. The predicted octanol–water partition coefficient (Wildman–Crippen LogP) is 2.03. The fourth-order valence-electron chi connectivity index (χ4n) is 1.01. The monoisotopic (exact) mass is 199 g/mol. The third-order valence-electron chi connectivity index (χ3n) is 1.60. The maximum Gasteiger partial charge on any atom is 0.305 e. The molecule has 0 fully saturated rings. The highest BCUT2D eigenvalue weighted by molar-refractivity contribution is 7.07. The Morgan fingerprint density at radius 1 is 1.69 bits per heavy atom. The van der Waals surface area contributed by atoms with E-state index in [4.69, 9.17) is 4.74 Å². The molecule has 0 radical (unpaired) electrons. The summed E-state index contributed by atoms with van der Waals surface area (Å²) >= 11 is 1.58. The summed E-state index contributed by atoms with van der Waals surface area (Å²) in [7, 11) is 0. The van der Waals surface area contributed by atoms with E-state index in [-0.39, 0.29) is 5.97 Å². The Morgan fingerprint density at radius 3 is 3.15 bits per heavy atom. The van der Waals surface area contributed by atoms with Gasteiger partial charge in [0.15, 0.2) is 0 Å². The molecule has 0 aliphatic rings. The summed E-state index contributed by atoms with van der Waals surface area (Å²) < 4.78 is 4.80. The molecular weight excluding hydrogens is 186 g/mol. The number of thiazole rings is 1.